The molecular formula is C12H19IN2. The Kier molecular flexibility index (Phi) is 5.56. The SMILES string of the molecule is CN(C)CCN(C)Cc1ccc(I)cc1. The molecule has 3 heteroatoms. The average molecular weight is 318 g/mol. The summed E-state index contributed by atoms with van der Waals surface area (Å²) < 4.78 is 1.30. The van der Waals surface area contributed by atoms with Gasteiger partial charge in [0.2, 0.25) is 0 Å². The molecule has 2 nitrogen and oxygen atoms in total. The van der Waals surface area contributed by atoms with E-state index in [2.05, 4.69) is 77.8 Å². The zero-order valence-electron chi connectivity index (χ0n) is 9.70. The topological polar surface area (TPSA) is 6.48 Å². The molecule has 0 radical (unpaired) electrons. The van der Waals surface area contributed by atoms with E-state index in [1.54, 1.807) is 0 Å². The summed E-state index contributed by atoms with van der Waals surface area (Å²) in [5, 5.41) is 0. The number of benzene rings is 1. The Morgan fingerprint density at radius 3 is 2.13 bits per heavy atom. The van der Waals surface area contributed by atoms with Crippen LogP contribution in [0.25, 0.3) is 0 Å². The molecule has 0 fully saturated rings. The van der Waals surface area contributed by atoms with E-state index in [0.717, 1.165) is 19.6 Å². The van der Waals surface area contributed by atoms with Gasteiger partial charge in [0.15, 0.2) is 0 Å². The second kappa shape index (κ2) is 6.45. The smallest absolute Gasteiger partial charge is 0.0231 e. The first-order valence-electron chi connectivity index (χ1n) is 5.15. The van der Waals surface area contributed by atoms with E-state index in [4.69, 9.17) is 0 Å². The molecule has 0 bridgehead atoms. The average Bonchev–Trinajstić information content (AvgIpc) is 2.19. The van der Waals surface area contributed by atoms with Gasteiger partial charge in [-0.25, -0.2) is 0 Å². The molecule has 0 aliphatic rings. The zero-order chi connectivity index (χ0) is 11.3. The van der Waals surface area contributed by atoms with Crippen LogP contribution in [0.5, 0.6) is 0 Å². The Balaban J connectivity index is 2.37. The van der Waals surface area contributed by atoms with Gasteiger partial charge in [-0.15, -0.1) is 0 Å². The van der Waals surface area contributed by atoms with Crippen LogP contribution in [0.2, 0.25) is 0 Å². The molecule has 0 unspecified atom stereocenters. The Morgan fingerprint density at radius 1 is 1.00 bits per heavy atom. The first kappa shape index (κ1) is 12.9. The van der Waals surface area contributed by atoms with Crippen molar-refractivity contribution in [2.75, 3.05) is 34.2 Å². The van der Waals surface area contributed by atoms with Crippen molar-refractivity contribution < 1.29 is 0 Å². The van der Waals surface area contributed by atoms with Gasteiger partial charge in [0.25, 0.3) is 0 Å². The molecule has 0 heterocycles. The van der Waals surface area contributed by atoms with E-state index in [1.165, 1.54) is 9.13 Å². The fraction of sp³-hybridized carbons (Fsp3) is 0.500. The Labute approximate surface area is 106 Å². The Morgan fingerprint density at radius 2 is 1.60 bits per heavy atom. The lowest BCUT2D eigenvalue weighted by atomic mass is 10.2. The van der Waals surface area contributed by atoms with Crippen LogP contribution >= 0.6 is 22.6 Å². The van der Waals surface area contributed by atoms with Crippen LogP contribution in [0.1, 0.15) is 5.56 Å². The summed E-state index contributed by atoms with van der Waals surface area (Å²) in [4.78, 5) is 4.56. The molecule has 0 aliphatic heterocycles. The largest absolute Gasteiger partial charge is 0.308 e. The van der Waals surface area contributed by atoms with Gasteiger partial charge in [-0.05, 0) is 61.4 Å². The van der Waals surface area contributed by atoms with Crippen molar-refractivity contribution in [3.8, 4) is 0 Å². The molecule has 84 valence electrons. The summed E-state index contributed by atoms with van der Waals surface area (Å²) in [6.45, 7) is 3.25. The fourth-order valence-corrected chi connectivity index (χ4v) is 1.71. The minimum atomic E-state index is 1.03. The van der Waals surface area contributed by atoms with Gasteiger partial charge >= 0.3 is 0 Å². The summed E-state index contributed by atoms with van der Waals surface area (Å²) in [5.74, 6) is 0. The van der Waals surface area contributed by atoms with Crippen LogP contribution in [-0.4, -0.2) is 44.0 Å². The first-order chi connectivity index (χ1) is 7.08. The van der Waals surface area contributed by atoms with Crippen molar-refractivity contribution in [2.24, 2.45) is 0 Å². The quantitative estimate of drug-likeness (QED) is 0.769. The standard InChI is InChI=1S/C12H19IN2/c1-14(2)8-9-15(3)10-11-4-6-12(13)7-5-11/h4-7H,8-10H2,1-3H3. The Bertz CT molecular complexity index is 282. The molecule has 1 rings (SSSR count). The van der Waals surface area contributed by atoms with E-state index in [9.17, 15) is 0 Å². The molecule has 1 aromatic carbocycles. The van der Waals surface area contributed by atoms with E-state index in [1.807, 2.05) is 0 Å². The summed E-state index contributed by atoms with van der Waals surface area (Å²) >= 11 is 2.34. The molecule has 0 aromatic heterocycles. The van der Waals surface area contributed by atoms with Gasteiger partial charge in [-0.3, -0.25) is 0 Å². The number of hydrogen-bond donors (Lipinski definition) is 0. The third-order valence-electron chi connectivity index (χ3n) is 2.29. The normalized spacial score (nSPS) is 11.3. The number of likely N-dealkylation sites (N-methyl/N-ethyl adjacent to an activating group) is 2. The molecule has 0 atom stereocenters. The van der Waals surface area contributed by atoms with Gasteiger partial charge in [0, 0.05) is 23.2 Å². The van der Waals surface area contributed by atoms with Crippen LogP contribution in [0.3, 0.4) is 0 Å². The monoisotopic (exact) mass is 318 g/mol. The molecule has 15 heavy (non-hydrogen) atoms. The van der Waals surface area contributed by atoms with Crippen molar-refractivity contribution in [1.82, 2.24) is 9.80 Å². The van der Waals surface area contributed by atoms with Gasteiger partial charge in [0.1, 0.15) is 0 Å². The molecule has 0 saturated carbocycles. The van der Waals surface area contributed by atoms with Crippen molar-refractivity contribution in [3.63, 3.8) is 0 Å². The van der Waals surface area contributed by atoms with Gasteiger partial charge in [0.05, 0.1) is 0 Å². The fourth-order valence-electron chi connectivity index (χ4n) is 1.35. The molecule has 1 aromatic rings. The molecule has 0 spiro atoms. The molecule has 0 saturated heterocycles. The highest BCUT2D eigenvalue weighted by Crippen LogP contribution is 2.08. The first-order valence-corrected chi connectivity index (χ1v) is 6.23. The maximum absolute atomic E-state index is 2.35. The van der Waals surface area contributed by atoms with Crippen LogP contribution in [0.4, 0.5) is 0 Å². The predicted molar refractivity (Wildman–Crippen MR) is 74.0 cm³/mol. The molecule has 0 N–H and O–H groups in total. The van der Waals surface area contributed by atoms with Crippen molar-refractivity contribution in [1.29, 1.82) is 0 Å². The second-order valence-corrected chi connectivity index (χ2v) is 5.41. The summed E-state index contributed by atoms with van der Waals surface area (Å²) in [5.41, 5.74) is 1.39. The lowest BCUT2D eigenvalue weighted by Crippen LogP contribution is -2.28. The van der Waals surface area contributed by atoms with Crippen LogP contribution in [0, 0.1) is 3.57 Å². The summed E-state index contributed by atoms with van der Waals surface area (Å²) in [6, 6.07) is 8.73. The van der Waals surface area contributed by atoms with Crippen molar-refractivity contribution >= 4 is 22.6 Å². The van der Waals surface area contributed by atoms with Crippen LogP contribution in [0.15, 0.2) is 24.3 Å². The maximum atomic E-state index is 2.35. The third-order valence-corrected chi connectivity index (χ3v) is 3.01. The number of rotatable bonds is 5. The van der Waals surface area contributed by atoms with Crippen molar-refractivity contribution in [3.05, 3.63) is 33.4 Å². The minimum absolute atomic E-state index is 1.03. The highest BCUT2D eigenvalue weighted by molar-refractivity contribution is 14.1. The Hall–Kier alpha value is -0.130. The highest BCUT2D eigenvalue weighted by atomic mass is 127. The number of halogens is 1. The lowest BCUT2D eigenvalue weighted by Gasteiger charge is -2.19. The van der Waals surface area contributed by atoms with Crippen LogP contribution in [-0.2, 0) is 6.54 Å². The highest BCUT2D eigenvalue weighted by Gasteiger charge is 2.00. The van der Waals surface area contributed by atoms with E-state index in [-0.39, 0.29) is 0 Å². The van der Waals surface area contributed by atoms with E-state index in [0.29, 0.717) is 0 Å². The molecule has 0 amide bonds. The van der Waals surface area contributed by atoms with Crippen molar-refractivity contribution in [2.45, 2.75) is 6.54 Å². The molecular weight excluding hydrogens is 299 g/mol. The number of hydrogen-bond acceptors (Lipinski definition) is 2. The van der Waals surface area contributed by atoms with Gasteiger partial charge in [-0.1, -0.05) is 12.1 Å². The lowest BCUT2D eigenvalue weighted by molar-refractivity contribution is 0.276. The van der Waals surface area contributed by atoms with E-state index >= 15 is 0 Å². The van der Waals surface area contributed by atoms with E-state index < -0.39 is 0 Å². The predicted octanol–water partition coefficient (Wildman–Crippen LogP) is 2.28. The van der Waals surface area contributed by atoms with Gasteiger partial charge < -0.3 is 9.80 Å². The second-order valence-electron chi connectivity index (χ2n) is 4.17. The minimum Gasteiger partial charge on any atom is -0.308 e. The summed E-state index contributed by atoms with van der Waals surface area (Å²) in [7, 11) is 6.39. The zero-order valence-corrected chi connectivity index (χ0v) is 11.9. The molecule has 0 aliphatic carbocycles. The van der Waals surface area contributed by atoms with Crippen LogP contribution < -0.4 is 0 Å². The third kappa shape index (κ3) is 5.49. The van der Waals surface area contributed by atoms with Gasteiger partial charge in [-0.2, -0.15) is 0 Å². The summed E-state index contributed by atoms with van der Waals surface area (Å²) in [6.07, 6.45) is 0. The number of nitrogens with zero attached hydrogens (tertiary/aromatic N) is 2. The maximum Gasteiger partial charge on any atom is 0.0231 e.